The molecule has 1 N–H and O–H groups in total. The summed E-state index contributed by atoms with van der Waals surface area (Å²) < 4.78 is 27.2. The molecule has 1 fully saturated rings. The lowest BCUT2D eigenvalue weighted by Crippen LogP contribution is -2.47. The number of carbonyl (C=O) groups is 1. The highest BCUT2D eigenvalue weighted by molar-refractivity contribution is 6.03. The number of hydrogen-bond acceptors (Lipinski definition) is 5. The fourth-order valence-corrected chi connectivity index (χ4v) is 3.26. The van der Waals surface area contributed by atoms with Crippen molar-refractivity contribution in [1.29, 1.82) is 0 Å². The Bertz CT molecular complexity index is 1000. The van der Waals surface area contributed by atoms with Crippen LogP contribution in [0, 0.1) is 11.6 Å². The summed E-state index contributed by atoms with van der Waals surface area (Å²) in [5.74, 6) is -0.187. The summed E-state index contributed by atoms with van der Waals surface area (Å²) in [4.78, 5) is 16.2. The molecule has 2 heterocycles. The SMILES string of the molecule is O=C(Nc1ccc(N2CCN(c3ccccc3F)CC2)nn1)c1cccc(F)c1. The smallest absolute Gasteiger partial charge is 0.256 e. The standard InChI is InChI=1S/C21H19F2N5O/c22-16-5-3-4-15(14-16)21(29)24-19-8-9-20(26-25-19)28-12-10-27(11-13-28)18-7-2-1-6-17(18)23/h1-9,14H,10-13H2,(H,24,25,29). The van der Waals surface area contributed by atoms with Crippen LogP contribution in [0.2, 0.25) is 0 Å². The monoisotopic (exact) mass is 395 g/mol. The highest BCUT2D eigenvalue weighted by Crippen LogP contribution is 2.22. The van der Waals surface area contributed by atoms with E-state index in [1.54, 1.807) is 24.3 Å². The van der Waals surface area contributed by atoms with Gasteiger partial charge in [-0.3, -0.25) is 4.79 Å². The average Bonchev–Trinajstić information content (AvgIpc) is 2.75. The van der Waals surface area contributed by atoms with E-state index in [4.69, 9.17) is 0 Å². The predicted octanol–water partition coefficient (Wildman–Crippen LogP) is 3.33. The molecule has 1 aliphatic heterocycles. The molecule has 29 heavy (non-hydrogen) atoms. The van der Waals surface area contributed by atoms with Gasteiger partial charge in [-0.15, -0.1) is 10.2 Å². The molecule has 0 saturated carbocycles. The number of aromatic nitrogens is 2. The molecule has 3 aromatic rings. The number of anilines is 3. The lowest BCUT2D eigenvalue weighted by molar-refractivity contribution is 0.102. The van der Waals surface area contributed by atoms with Crippen LogP contribution in [0.15, 0.2) is 60.7 Å². The Kier molecular flexibility index (Phi) is 5.33. The quantitative estimate of drug-likeness (QED) is 0.734. The van der Waals surface area contributed by atoms with Crippen molar-refractivity contribution in [3.63, 3.8) is 0 Å². The fourth-order valence-electron chi connectivity index (χ4n) is 3.26. The van der Waals surface area contributed by atoms with Crippen molar-refractivity contribution in [2.45, 2.75) is 0 Å². The summed E-state index contributed by atoms with van der Waals surface area (Å²) in [7, 11) is 0. The summed E-state index contributed by atoms with van der Waals surface area (Å²) in [6.45, 7) is 2.69. The molecule has 0 spiro atoms. The summed E-state index contributed by atoms with van der Waals surface area (Å²) in [5, 5.41) is 10.8. The van der Waals surface area contributed by atoms with Gasteiger partial charge in [-0.1, -0.05) is 18.2 Å². The molecule has 1 aliphatic rings. The molecular formula is C21H19F2N5O. The molecular weight excluding hydrogens is 376 g/mol. The van der Waals surface area contributed by atoms with E-state index in [1.807, 2.05) is 11.0 Å². The first-order valence-corrected chi connectivity index (χ1v) is 9.25. The number of hydrogen-bond donors (Lipinski definition) is 1. The third kappa shape index (κ3) is 4.31. The Morgan fingerprint density at radius 2 is 1.62 bits per heavy atom. The van der Waals surface area contributed by atoms with Gasteiger partial charge in [0.25, 0.3) is 5.91 Å². The van der Waals surface area contributed by atoms with Crippen LogP contribution in [0.25, 0.3) is 0 Å². The second-order valence-electron chi connectivity index (χ2n) is 6.67. The van der Waals surface area contributed by atoms with E-state index < -0.39 is 11.7 Å². The van der Waals surface area contributed by atoms with E-state index in [2.05, 4.69) is 20.4 Å². The fraction of sp³-hybridized carbons (Fsp3) is 0.190. The van der Waals surface area contributed by atoms with Crippen LogP contribution in [0.5, 0.6) is 0 Å². The molecule has 1 amide bonds. The Morgan fingerprint density at radius 1 is 0.862 bits per heavy atom. The van der Waals surface area contributed by atoms with Crippen LogP contribution in [0.3, 0.4) is 0 Å². The number of benzene rings is 2. The molecule has 6 nitrogen and oxygen atoms in total. The van der Waals surface area contributed by atoms with Crippen LogP contribution in [0.1, 0.15) is 10.4 Å². The predicted molar refractivity (Wildman–Crippen MR) is 107 cm³/mol. The summed E-state index contributed by atoms with van der Waals surface area (Å²) in [6, 6.07) is 15.6. The van der Waals surface area contributed by atoms with Crippen LogP contribution in [0.4, 0.5) is 26.1 Å². The number of nitrogens with zero attached hydrogens (tertiary/aromatic N) is 4. The normalized spacial score (nSPS) is 14.0. The second-order valence-corrected chi connectivity index (χ2v) is 6.67. The number of carbonyl (C=O) groups excluding carboxylic acids is 1. The third-order valence-electron chi connectivity index (χ3n) is 4.78. The van der Waals surface area contributed by atoms with Crippen LogP contribution < -0.4 is 15.1 Å². The zero-order valence-electron chi connectivity index (χ0n) is 15.6. The zero-order valence-corrected chi connectivity index (χ0v) is 15.6. The van der Waals surface area contributed by atoms with Crippen LogP contribution in [-0.2, 0) is 0 Å². The first kappa shape index (κ1) is 18.8. The first-order chi connectivity index (χ1) is 14.1. The number of para-hydroxylation sites is 1. The summed E-state index contributed by atoms with van der Waals surface area (Å²) in [6.07, 6.45) is 0. The van der Waals surface area contributed by atoms with Gasteiger partial charge in [-0.05, 0) is 42.5 Å². The molecule has 0 unspecified atom stereocenters. The average molecular weight is 395 g/mol. The van der Waals surface area contributed by atoms with Crippen molar-refractivity contribution in [2.75, 3.05) is 41.3 Å². The van der Waals surface area contributed by atoms with Gasteiger partial charge in [-0.25, -0.2) is 8.78 Å². The van der Waals surface area contributed by atoms with E-state index in [0.717, 1.165) is 6.07 Å². The van der Waals surface area contributed by atoms with Gasteiger partial charge in [0.2, 0.25) is 0 Å². The van der Waals surface area contributed by atoms with Crippen molar-refractivity contribution < 1.29 is 13.6 Å². The topological polar surface area (TPSA) is 61.4 Å². The molecule has 148 valence electrons. The largest absolute Gasteiger partial charge is 0.366 e. The van der Waals surface area contributed by atoms with Crippen molar-refractivity contribution in [1.82, 2.24) is 10.2 Å². The number of rotatable bonds is 4. The van der Waals surface area contributed by atoms with Crippen LogP contribution in [-0.4, -0.2) is 42.3 Å². The van der Waals surface area contributed by atoms with E-state index in [1.165, 1.54) is 24.3 Å². The van der Waals surface area contributed by atoms with Crippen LogP contribution >= 0.6 is 0 Å². The number of piperazine rings is 1. The maximum absolute atomic E-state index is 14.0. The van der Waals surface area contributed by atoms with Crippen molar-refractivity contribution in [3.8, 4) is 0 Å². The Hall–Kier alpha value is -3.55. The Morgan fingerprint density at radius 3 is 2.31 bits per heavy atom. The number of nitrogens with one attached hydrogen (secondary N) is 1. The Labute approximate surface area is 166 Å². The van der Waals surface area contributed by atoms with Gasteiger partial charge in [-0.2, -0.15) is 0 Å². The molecule has 8 heteroatoms. The summed E-state index contributed by atoms with van der Waals surface area (Å²) in [5.41, 5.74) is 0.814. The van der Waals surface area contributed by atoms with Gasteiger partial charge in [0.1, 0.15) is 11.6 Å². The van der Waals surface area contributed by atoms with Gasteiger partial charge in [0.15, 0.2) is 11.6 Å². The number of amides is 1. The lowest BCUT2D eigenvalue weighted by Gasteiger charge is -2.36. The first-order valence-electron chi connectivity index (χ1n) is 9.25. The molecule has 0 aliphatic carbocycles. The minimum absolute atomic E-state index is 0.208. The Balaban J connectivity index is 1.36. The van der Waals surface area contributed by atoms with E-state index in [0.29, 0.717) is 37.7 Å². The van der Waals surface area contributed by atoms with E-state index in [9.17, 15) is 13.6 Å². The molecule has 2 aromatic carbocycles. The molecule has 1 aromatic heterocycles. The molecule has 0 radical (unpaired) electrons. The van der Waals surface area contributed by atoms with Crippen molar-refractivity contribution in [3.05, 3.63) is 77.9 Å². The second kappa shape index (κ2) is 8.22. The zero-order chi connectivity index (χ0) is 20.2. The maximum Gasteiger partial charge on any atom is 0.256 e. The molecule has 0 atom stereocenters. The molecule has 1 saturated heterocycles. The highest BCUT2D eigenvalue weighted by atomic mass is 19.1. The minimum atomic E-state index is -0.478. The van der Waals surface area contributed by atoms with Gasteiger partial charge < -0.3 is 15.1 Å². The summed E-state index contributed by atoms with van der Waals surface area (Å²) >= 11 is 0. The molecule has 0 bridgehead atoms. The highest BCUT2D eigenvalue weighted by Gasteiger charge is 2.20. The molecule has 4 rings (SSSR count). The van der Waals surface area contributed by atoms with E-state index in [-0.39, 0.29) is 17.2 Å². The van der Waals surface area contributed by atoms with E-state index >= 15 is 0 Å². The van der Waals surface area contributed by atoms with Gasteiger partial charge >= 0.3 is 0 Å². The van der Waals surface area contributed by atoms with Crippen molar-refractivity contribution in [2.24, 2.45) is 0 Å². The lowest BCUT2D eigenvalue weighted by atomic mass is 10.2. The maximum atomic E-state index is 14.0. The number of halogens is 2. The van der Waals surface area contributed by atoms with Gasteiger partial charge in [0, 0.05) is 31.7 Å². The van der Waals surface area contributed by atoms with Gasteiger partial charge in [0.05, 0.1) is 5.69 Å². The van der Waals surface area contributed by atoms with Crippen molar-refractivity contribution >= 4 is 23.2 Å². The third-order valence-corrected chi connectivity index (χ3v) is 4.78. The minimum Gasteiger partial charge on any atom is -0.366 e.